The van der Waals surface area contributed by atoms with E-state index in [1.807, 2.05) is 4.98 Å². The van der Waals surface area contributed by atoms with Gasteiger partial charge in [-0.2, -0.15) is 0 Å². The van der Waals surface area contributed by atoms with Gasteiger partial charge in [0.25, 0.3) is 11.1 Å². The molecule has 1 aliphatic heterocycles. The number of hydrogen-bond donors (Lipinski definition) is 5. The number of rotatable bonds is 2. The number of aromatic nitrogens is 4. The summed E-state index contributed by atoms with van der Waals surface area (Å²) in [6.45, 7) is 0. The lowest BCUT2D eigenvalue weighted by atomic mass is 9.84. The van der Waals surface area contributed by atoms with Crippen LogP contribution in [-0.4, -0.2) is 32.2 Å². The largest absolute Gasteiger partial charge is 0.494 e. The highest BCUT2D eigenvalue weighted by molar-refractivity contribution is 5.61. The standard InChI is InChI=1S/C16H12N4O7/c1-26-6-4-2-3-5-7(8-11(21)17-15(24)18-12(8)22)9-13(23)19-16(25)20-14(9)27-10(5)6/h2-4,7H,1H3,(H2,19,20,23,25)(H3,17,18,21,22,24)/t7-/m1/s1. The second-order valence-electron chi connectivity index (χ2n) is 5.74. The van der Waals surface area contributed by atoms with E-state index in [1.54, 1.807) is 18.2 Å². The first-order chi connectivity index (χ1) is 12.9. The lowest BCUT2D eigenvalue weighted by Gasteiger charge is -2.27. The van der Waals surface area contributed by atoms with Gasteiger partial charge in [-0.3, -0.25) is 29.5 Å². The Labute approximate surface area is 148 Å². The molecule has 0 amide bonds. The molecular formula is C16H12N4O7. The Bertz CT molecular complexity index is 1270. The average Bonchev–Trinajstić information content (AvgIpc) is 2.59. The smallest absolute Gasteiger partial charge is 0.328 e. The minimum absolute atomic E-state index is 0.108. The van der Waals surface area contributed by atoms with Gasteiger partial charge in [0.05, 0.1) is 24.2 Å². The number of fused-ring (bicyclic) bond motifs is 2. The molecule has 5 N–H and O–H groups in total. The number of ether oxygens (including phenoxy) is 2. The average molecular weight is 372 g/mol. The molecule has 11 heteroatoms. The molecule has 27 heavy (non-hydrogen) atoms. The van der Waals surface area contributed by atoms with Crippen molar-refractivity contribution in [2.45, 2.75) is 5.92 Å². The van der Waals surface area contributed by atoms with Gasteiger partial charge < -0.3 is 14.6 Å². The fourth-order valence-corrected chi connectivity index (χ4v) is 3.16. The van der Waals surface area contributed by atoms with Gasteiger partial charge in [-0.25, -0.2) is 9.59 Å². The Kier molecular flexibility index (Phi) is 3.51. The first-order valence-electron chi connectivity index (χ1n) is 7.67. The molecule has 0 saturated carbocycles. The van der Waals surface area contributed by atoms with Crippen molar-refractivity contribution >= 4 is 0 Å². The Balaban J connectivity index is 2.15. The van der Waals surface area contributed by atoms with Crippen LogP contribution in [0.1, 0.15) is 22.6 Å². The molecule has 0 saturated heterocycles. The lowest BCUT2D eigenvalue weighted by Crippen LogP contribution is -2.34. The summed E-state index contributed by atoms with van der Waals surface area (Å²) >= 11 is 0. The van der Waals surface area contributed by atoms with E-state index in [0.717, 1.165) is 0 Å². The van der Waals surface area contributed by atoms with Gasteiger partial charge in [0.1, 0.15) is 0 Å². The number of aromatic hydroxyl groups is 1. The highest BCUT2D eigenvalue weighted by Gasteiger charge is 2.37. The SMILES string of the molecule is COc1cccc2c1Oc1[nH]c(=O)[nH]c(=O)c1[C@H]2c1c(O)[nH]c(=O)[nH]c1=O. The highest BCUT2D eigenvalue weighted by atomic mass is 16.5. The molecule has 0 spiro atoms. The van der Waals surface area contributed by atoms with Crippen molar-refractivity contribution in [1.82, 2.24) is 19.9 Å². The summed E-state index contributed by atoms with van der Waals surface area (Å²) in [6.07, 6.45) is 0. The molecule has 0 aliphatic carbocycles. The zero-order valence-electron chi connectivity index (χ0n) is 13.7. The van der Waals surface area contributed by atoms with Crippen molar-refractivity contribution in [3.63, 3.8) is 0 Å². The molecule has 1 aromatic carbocycles. The number of benzene rings is 1. The van der Waals surface area contributed by atoms with Gasteiger partial charge in [0, 0.05) is 5.56 Å². The van der Waals surface area contributed by atoms with Gasteiger partial charge in [0.2, 0.25) is 11.8 Å². The normalized spacial score (nSPS) is 14.8. The molecule has 3 aromatic rings. The third kappa shape index (κ3) is 2.44. The van der Waals surface area contributed by atoms with E-state index in [9.17, 15) is 24.3 Å². The summed E-state index contributed by atoms with van der Waals surface area (Å²) in [5, 5.41) is 10.2. The first kappa shape index (κ1) is 16.4. The summed E-state index contributed by atoms with van der Waals surface area (Å²) in [5.41, 5.74) is -3.49. The number of methoxy groups -OCH3 is 1. The zero-order valence-corrected chi connectivity index (χ0v) is 13.7. The Morgan fingerprint density at radius 1 is 0.963 bits per heavy atom. The van der Waals surface area contributed by atoms with Crippen molar-refractivity contribution in [3.05, 3.63) is 76.6 Å². The quantitative estimate of drug-likeness (QED) is 0.314. The highest BCUT2D eigenvalue weighted by Crippen LogP contribution is 2.48. The predicted molar refractivity (Wildman–Crippen MR) is 91.0 cm³/mol. The molecular weight excluding hydrogens is 360 g/mol. The number of aromatic amines is 4. The zero-order chi connectivity index (χ0) is 19.3. The maximum atomic E-state index is 12.5. The number of H-pyrrole nitrogens is 4. The minimum Gasteiger partial charge on any atom is -0.494 e. The van der Waals surface area contributed by atoms with Crippen LogP contribution in [0.15, 0.2) is 37.4 Å². The Morgan fingerprint density at radius 2 is 1.63 bits per heavy atom. The van der Waals surface area contributed by atoms with Gasteiger partial charge in [-0.15, -0.1) is 0 Å². The van der Waals surface area contributed by atoms with Crippen LogP contribution >= 0.6 is 0 Å². The maximum Gasteiger partial charge on any atom is 0.328 e. The summed E-state index contributed by atoms with van der Waals surface area (Å²) in [7, 11) is 1.40. The molecule has 4 rings (SSSR count). The molecule has 0 unspecified atom stereocenters. The van der Waals surface area contributed by atoms with Crippen molar-refractivity contribution < 1.29 is 14.6 Å². The number of hydrogen-bond acceptors (Lipinski definition) is 7. The van der Waals surface area contributed by atoms with Gasteiger partial charge in [0.15, 0.2) is 11.5 Å². The van der Waals surface area contributed by atoms with Gasteiger partial charge in [-0.05, 0) is 6.07 Å². The van der Waals surface area contributed by atoms with Crippen LogP contribution in [0.2, 0.25) is 0 Å². The summed E-state index contributed by atoms with van der Waals surface area (Å²) in [6, 6.07) is 4.76. The maximum absolute atomic E-state index is 12.5. The van der Waals surface area contributed by atoms with Crippen LogP contribution < -0.4 is 32.0 Å². The van der Waals surface area contributed by atoms with E-state index in [2.05, 4.69) is 15.0 Å². The molecule has 2 aromatic heterocycles. The van der Waals surface area contributed by atoms with Crippen LogP contribution in [-0.2, 0) is 0 Å². The molecule has 0 bridgehead atoms. The molecule has 11 nitrogen and oxygen atoms in total. The second-order valence-corrected chi connectivity index (χ2v) is 5.74. The first-order valence-corrected chi connectivity index (χ1v) is 7.67. The van der Waals surface area contributed by atoms with Crippen LogP contribution in [0, 0.1) is 0 Å². The Morgan fingerprint density at radius 3 is 2.30 bits per heavy atom. The van der Waals surface area contributed by atoms with E-state index < -0.39 is 34.3 Å². The van der Waals surface area contributed by atoms with Crippen LogP contribution in [0.4, 0.5) is 0 Å². The monoisotopic (exact) mass is 372 g/mol. The predicted octanol–water partition coefficient (Wildman–Crippen LogP) is -0.560. The third-order valence-electron chi connectivity index (χ3n) is 4.22. The van der Waals surface area contributed by atoms with Crippen molar-refractivity contribution in [2.24, 2.45) is 0 Å². The molecule has 0 fully saturated rings. The van der Waals surface area contributed by atoms with Crippen molar-refractivity contribution in [1.29, 1.82) is 0 Å². The summed E-state index contributed by atoms with van der Waals surface area (Å²) in [5.74, 6) is -1.61. The van der Waals surface area contributed by atoms with Gasteiger partial charge >= 0.3 is 11.4 Å². The number of nitrogens with one attached hydrogen (secondary N) is 4. The van der Waals surface area contributed by atoms with Crippen molar-refractivity contribution in [3.8, 4) is 23.3 Å². The lowest BCUT2D eigenvalue weighted by molar-refractivity contribution is 0.359. The summed E-state index contributed by atoms with van der Waals surface area (Å²) < 4.78 is 10.9. The van der Waals surface area contributed by atoms with Crippen LogP contribution in [0.3, 0.4) is 0 Å². The second kappa shape index (κ2) is 5.76. The number of para-hydroxylation sites is 1. The fraction of sp³-hybridized carbons (Fsp3) is 0.125. The molecule has 1 aliphatic rings. The van der Waals surface area contributed by atoms with Crippen LogP contribution in [0.5, 0.6) is 23.3 Å². The minimum atomic E-state index is -1.14. The molecule has 0 radical (unpaired) electrons. The van der Waals surface area contributed by atoms with E-state index >= 15 is 0 Å². The molecule has 3 heterocycles. The van der Waals surface area contributed by atoms with Gasteiger partial charge in [-0.1, -0.05) is 12.1 Å². The van der Waals surface area contributed by atoms with E-state index in [4.69, 9.17) is 9.47 Å². The topological polar surface area (TPSA) is 170 Å². The third-order valence-corrected chi connectivity index (χ3v) is 4.22. The molecule has 138 valence electrons. The van der Waals surface area contributed by atoms with E-state index in [1.165, 1.54) is 7.11 Å². The van der Waals surface area contributed by atoms with Crippen molar-refractivity contribution in [2.75, 3.05) is 7.11 Å². The molecule has 1 atom stereocenters. The fourth-order valence-electron chi connectivity index (χ4n) is 3.16. The summed E-state index contributed by atoms with van der Waals surface area (Å²) in [4.78, 5) is 56.5. The van der Waals surface area contributed by atoms with Crippen LogP contribution in [0.25, 0.3) is 0 Å². The Hall–Kier alpha value is -4.02. The van der Waals surface area contributed by atoms with E-state index in [0.29, 0.717) is 5.56 Å². The van der Waals surface area contributed by atoms with E-state index in [-0.39, 0.29) is 28.5 Å².